The number of carbonyl (C=O) groups is 3. The number of amides is 2. The highest BCUT2D eigenvalue weighted by molar-refractivity contribution is 7.17. The Balaban J connectivity index is 1.33. The Morgan fingerprint density at radius 2 is 1.76 bits per heavy atom. The van der Waals surface area contributed by atoms with Gasteiger partial charge in [-0.2, -0.15) is 5.26 Å². The zero-order chi connectivity index (χ0) is 28.7. The minimum absolute atomic E-state index is 0.380. The first-order chi connectivity index (χ1) is 20.5. The van der Waals surface area contributed by atoms with Gasteiger partial charge in [-0.1, -0.05) is 54.6 Å². The second-order valence-corrected chi connectivity index (χ2v) is 12.3. The van der Waals surface area contributed by atoms with E-state index in [9.17, 15) is 19.6 Å². The van der Waals surface area contributed by atoms with Gasteiger partial charge in [0.2, 0.25) is 11.8 Å². The van der Waals surface area contributed by atoms with E-state index in [1.807, 2.05) is 66.7 Å². The normalized spacial score (nSPS) is 24.0. The molecule has 0 N–H and O–H groups in total. The van der Waals surface area contributed by atoms with Gasteiger partial charge in [0.15, 0.2) is 0 Å². The van der Waals surface area contributed by atoms with Crippen LogP contribution in [-0.2, 0) is 27.2 Å². The summed E-state index contributed by atoms with van der Waals surface area (Å²) in [4.78, 5) is 44.8. The van der Waals surface area contributed by atoms with Gasteiger partial charge >= 0.3 is 5.97 Å². The Morgan fingerprint density at radius 3 is 2.55 bits per heavy atom. The van der Waals surface area contributed by atoms with Crippen LogP contribution >= 0.6 is 11.3 Å². The summed E-state index contributed by atoms with van der Waals surface area (Å²) in [7, 11) is 1.59. The van der Waals surface area contributed by atoms with Crippen molar-refractivity contribution in [2.24, 2.45) is 17.8 Å². The van der Waals surface area contributed by atoms with E-state index in [1.165, 1.54) is 16.2 Å². The number of nitrogens with zero attached hydrogens (tertiary/aromatic N) is 2. The van der Waals surface area contributed by atoms with Crippen LogP contribution in [0, 0.1) is 29.1 Å². The van der Waals surface area contributed by atoms with Gasteiger partial charge < -0.3 is 9.47 Å². The van der Waals surface area contributed by atoms with Gasteiger partial charge in [-0.15, -0.1) is 11.3 Å². The maximum absolute atomic E-state index is 14.4. The van der Waals surface area contributed by atoms with Crippen molar-refractivity contribution in [3.63, 3.8) is 0 Å². The molecule has 4 aliphatic rings. The van der Waals surface area contributed by atoms with Crippen LogP contribution in [0.3, 0.4) is 0 Å². The molecule has 42 heavy (non-hydrogen) atoms. The fraction of sp³-hybridized carbons (Fsp3) is 0.235. The number of esters is 1. The molecule has 0 radical (unpaired) electrons. The molecule has 3 heterocycles. The van der Waals surface area contributed by atoms with E-state index < -0.39 is 35.5 Å². The van der Waals surface area contributed by atoms with Crippen LogP contribution < -0.4 is 14.4 Å². The number of methoxy groups -OCH3 is 1. The lowest BCUT2D eigenvalue weighted by atomic mass is 9.64. The summed E-state index contributed by atoms with van der Waals surface area (Å²) in [6.45, 7) is 0. The Morgan fingerprint density at radius 1 is 0.976 bits per heavy atom. The Bertz CT molecular complexity index is 1930. The van der Waals surface area contributed by atoms with Crippen LogP contribution in [0.5, 0.6) is 11.5 Å². The number of imide groups is 1. The number of fused-ring (bicyclic) bond motifs is 8. The molecule has 206 valence electrons. The number of thiophene rings is 1. The van der Waals surface area contributed by atoms with E-state index in [4.69, 9.17) is 9.47 Å². The summed E-state index contributed by atoms with van der Waals surface area (Å²) in [5.41, 5.74) is 3.64. The monoisotopic (exact) mass is 572 g/mol. The summed E-state index contributed by atoms with van der Waals surface area (Å²) < 4.78 is 11.3. The van der Waals surface area contributed by atoms with Crippen LogP contribution in [0.1, 0.15) is 39.5 Å². The van der Waals surface area contributed by atoms with Gasteiger partial charge in [0, 0.05) is 21.7 Å². The highest BCUT2D eigenvalue weighted by atomic mass is 32.1. The fourth-order valence-corrected chi connectivity index (χ4v) is 8.65. The number of ether oxygens (including phenoxy) is 2. The second kappa shape index (κ2) is 9.13. The van der Waals surface area contributed by atoms with Crippen molar-refractivity contribution in [2.75, 3.05) is 12.0 Å². The van der Waals surface area contributed by atoms with Gasteiger partial charge in [-0.3, -0.25) is 14.4 Å². The average molecular weight is 573 g/mol. The van der Waals surface area contributed by atoms with E-state index in [0.717, 1.165) is 51.6 Å². The molecule has 0 bridgehead atoms. The molecule has 4 aromatic rings. The average Bonchev–Trinajstić information content (AvgIpc) is 3.68. The largest absolute Gasteiger partial charge is 0.497 e. The number of anilines is 1. The lowest BCUT2D eigenvalue weighted by molar-refractivity contribution is -0.142. The van der Waals surface area contributed by atoms with E-state index in [0.29, 0.717) is 27.6 Å². The number of nitriles is 1. The summed E-state index contributed by atoms with van der Waals surface area (Å²) >= 11 is 1.36. The SMILES string of the molecule is COc1ccc([C@@H]2C=C3c4ccc5ccccc5c4OC(=O)[C@@H]3[C@@H]3C(=O)N(c4sc5c(c4C#N)CCC5)C(=O)[C@@H]32)cc1. The molecule has 8 rings (SSSR count). The summed E-state index contributed by atoms with van der Waals surface area (Å²) in [5.74, 6) is -3.40. The second-order valence-electron chi connectivity index (χ2n) is 11.2. The number of aryl methyl sites for hydroxylation is 1. The van der Waals surface area contributed by atoms with Crippen LogP contribution in [0.25, 0.3) is 16.3 Å². The Kier molecular flexibility index (Phi) is 5.44. The van der Waals surface area contributed by atoms with E-state index in [2.05, 4.69) is 6.07 Å². The molecule has 0 saturated carbocycles. The summed E-state index contributed by atoms with van der Waals surface area (Å²) in [6, 6.07) is 21.4. The van der Waals surface area contributed by atoms with Gasteiger partial charge in [0.05, 0.1) is 30.4 Å². The Hall–Kier alpha value is -4.74. The molecule has 8 heteroatoms. The van der Waals surface area contributed by atoms with E-state index in [1.54, 1.807) is 7.11 Å². The molecular formula is C34H24N2O5S. The number of hydrogen-bond donors (Lipinski definition) is 0. The first kappa shape index (κ1) is 25.0. The quantitative estimate of drug-likeness (QED) is 0.175. The highest BCUT2D eigenvalue weighted by Crippen LogP contribution is 2.56. The molecular weight excluding hydrogens is 548 g/mol. The maximum atomic E-state index is 14.4. The molecule has 3 aromatic carbocycles. The number of allylic oxidation sites excluding steroid dienone is 1. The molecule has 0 unspecified atom stereocenters. The van der Waals surface area contributed by atoms with Gasteiger partial charge in [0.1, 0.15) is 22.6 Å². The lowest BCUT2D eigenvalue weighted by Gasteiger charge is -2.38. The minimum atomic E-state index is -0.958. The van der Waals surface area contributed by atoms with E-state index in [-0.39, 0.29) is 5.91 Å². The van der Waals surface area contributed by atoms with Crippen molar-refractivity contribution >= 4 is 50.5 Å². The molecule has 2 aliphatic heterocycles. The summed E-state index contributed by atoms with van der Waals surface area (Å²) in [5, 5.41) is 12.2. The number of carbonyl (C=O) groups excluding carboxylic acids is 3. The molecule has 7 nitrogen and oxygen atoms in total. The van der Waals surface area contributed by atoms with Gasteiger partial charge in [-0.25, -0.2) is 4.90 Å². The maximum Gasteiger partial charge on any atom is 0.319 e. The van der Waals surface area contributed by atoms with Gasteiger partial charge in [0.25, 0.3) is 0 Å². The number of rotatable bonds is 3. The standard InChI is InChI=1S/C34H24N2O5S/c1-40-19-12-9-18(10-13-19)23-15-24-22-14-11-17-5-2-3-6-20(17)30(22)41-34(39)28(24)29-27(23)31(37)36(32(29)38)33-25(16-35)21-7-4-8-26(21)42-33/h2-3,5-6,9-15,23,27-29H,4,7-8H2,1H3/t23-,27+,28-,29+/m0/s1. The lowest BCUT2D eigenvalue weighted by Crippen LogP contribution is -2.42. The zero-order valence-corrected chi connectivity index (χ0v) is 23.4. The van der Waals surface area contributed by atoms with Crippen molar-refractivity contribution in [2.45, 2.75) is 25.2 Å². The van der Waals surface area contributed by atoms with Crippen molar-refractivity contribution in [3.05, 3.63) is 93.9 Å². The number of benzene rings is 3. The highest BCUT2D eigenvalue weighted by Gasteiger charge is 2.61. The minimum Gasteiger partial charge on any atom is -0.497 e. The topological polar surface area (TPSA) is 96.7 Å². The first-order valence-electron chi connectivity index (χ1n) is 14.0. The van der Waals surface area contributed by atoms with Crippen molar-refractivity contribution in [1.82, 2.24) is 0 Å². The molecule has 4 atom stereocenters. The van der Waals surface area contributed by atoms with Crippen LogP contribution in [0.2, 0.25) is 0 Å². The van der Waals surface area contributed by atoms with Crippen LogP contribution in [0.15, 0.2) is 66.7 Å². The predicted molar refractivity (Wildman–Crippen MR) is 157 cm³/mol. The molecule has 1 aromatic heterocycles. The smallest absolute Gasteiger partial charge is 0.319 e. The van der Waals surface area contributed by atoms with Crippen molar-refractivity contribution in [3.8, 4) is 17.6 Å². The van der Waals surface area contributed by atoms with Crippen molar-refractivity contribution < 1.29 is 23.9 Å². The third-order valence-corrected chi connectivity index (χ3v) is 10.5. The van der Waals surface area contributed by atoms with E-state index >= 15 is 0 Å². The third kappa shape index (κ3) is 3.34. The fourth-order valence-electron chi connectivity index (χ4n) is 7.30. The van der Waals surface area contributed by atoms with Crippen LogP contribution in [-0.4, -0.2) is 24.9 Å². The molecule has 0 spiro atoms. The third-order valence-electron chi connectivity index (χ3n) is 9.20. The van der Waals surface area contributed by atoms with Crippen LogP contribution in [0.4, 0.5) is 5.00 Å². The molecule has 2 aliphatic carbocycles. The first-order valence-corrected chi connectivity index (χ1v) is 14.8. The number of hydrogen-bond acceptors (Lipinski definition) is 7. The molecule has 1 saturated heterocycles. The predicted octanol–water partition coefficient (Wildman–Crippen LogP) is 5.79. The Labute approximate surface area is 245 Å². The molecule has 2 amide bonds. The summed E-state index contributed by atoms with van der Waals surface area (Å²) in [6.07, 6.45) is 4.53. The van der Waals surface area contributed by atoms with Gasteiger partial charge in [-0.05, 0) is 53.5 Å². The zero-order valence-electron chi connectivity index (χ0n) is 22.6. The van der Waals surface area contributed by atoms with Crippen molar-refractivity contribution in [1.29, 1.82) is 5.26 Å². The molecule has 1 fully saturated rings.